The van der Waals surface area contributed by atoms with Gasteiger partial charge in [0.05, 0.1) is 10.7 Å². The fourth-order valence-corrected chi connectivity index (χ4v) is 3.16. The van der Waals surface area contributed by atoms with Crippen LogP contribution < -0.4 is 5.32 Å². The molecule has 1 saturated heterocycles. The minimum Gasteiger partial charge on any atom is -0.337 e. The average Bonchev–Trinajstić information content (AvgIpc) is 2.58. The molecule has 1 amide bonds. The number of nitrogens with zero attached hydrogens (tertiary/aromatic N) is 3. The van der Waals surface area contributed by atoms with Gasteiger partial charge in [-0.3, -0.25) is 4.79 Å². The molecule has 0 saturated carbocycles. The molecule has 25 heavy (non-hydrogen) atoms. The summed E-state index contributed by atoms with van der Waals surface area (Å²) < 4.78 is 0. The van der Waals surface area contributed by atoms with E-state index < -0.39 is 0 Å². The number of rotatable bonds is 3. The molecule has 5 nitrogen and oxygen atoms in total. The van der Waals surface area contributed by atoms with Crippen molar-refractivity contribution in [1.82, 2.24) is 14.9 Å². The van der Waals surface area contributed by atoms with Gasteiger partial charge in [-0.05, 0) is 49.9 Å². The first-order valence-electron chi connectivity index (χ1n) is 8.29. The second kappa shape index (κ2) is 7.58. The summed E-state index contributed by atoms with van der Waals surface area (Å²) in [6.45, 7) is 5.59. The lowest BCUT2D eigenvalue weighted by Gasteiger charge is -2.30. The van der Waals surface area contributed by atoms with Crippen LogP contribution >= 0.6 is 23.2 Å². The monoisotopic (exact) mass is 378 g/mol. The summed E-state index contributed by atoms with van der Waals surface area (Å²) in [4.78, 5) is 23.3. The Bertz CT molecular complexity index is 789. The SMILES string of the molecule is Cc1cc(C(=O)N2CCC(C)CC2)nc(Nc2cc(Cl)ccc2Cl)n1. The second-order valence-corrected chi connectivity index (χ2v) is 7.29. The fraction of sp³-hybridized carbons (Fsp3) is 0.389. The van der Waals surface area contributed by atoms with Crippen molar-refractivity contribution in [2.75, 3.05) is 18.4 Å². The van der Waals surface area contributed by atoms with E-state index >= 15 is 0 Å². The maximum Gasteiger partial charge on any atom is 0.272 e. The largest absolute Gasteiger partial charge is 0.337 e. The molecule has 1 aliphatic rings. The molecule has 1 fully saturated rings. The summed E-state index contributed by atoms with van der Waals surface area (Å²) in [6.07, 6.45) is 2.05. The number of halogens is 2. The summed E-state index contributed by atoms with van der Waals surface area (Å²) in [5, 5.41) is 4.11. The van der Waals surface area contributed by atoms with E-state index in [0.717, 1.165) is 25.9 Å². The standard InChI is InChI=1S/C18H20Cl2N4O/c1-11-5-7-24(8-6-11)17(25)16-9-12(2)21-18(23-16)22-15-10-13(19)3-4-14(15)20/h3-4,9-11H,5-8H2,1-2H3,(H,21,22,23). The average molecular weight is 379 g/mol. The summed E-state index contributed by atoms with van der Waals surface area (Å²) >= 11 is 12.2. The Labute approximate surface area is 157 Å². The lowest BCUT2D eigenvalue weighted by molar-refractivity contribution is 0.0691. The van der Waals surface area contributed by atoms with E-state index in [1.54, 1.807) is 24.3 Å². The topological polar surface area (TPSA) is 58.1 Å². The number of likely N-dealkylation sites (tertiary alicyclic amines) is 1. The van der Waals surface area contributed by atoms with Crippen LogP contribution in [0.15, 0.2) is 24.3 Å². The van der Waals surface area contributed by atoms with Crippen LogP contribution in [0, 0.1) is 12.8 Å². The maximum absolute atomic E-state index is 12.7. The van der Waals surface area contributed by atoms with Gasteiger partial charge in [0.2, 0.25) is 5.95 Å². The Balaban J connectivity index is 1.83. The number of aromatic nitrogens is 2. The predicted octanol–water partition coefficient (Wildman–Crippen LogP) is 4.71. The number of carbonyl (C=O) groups is 1. The van der Waals surface area contributed by atoms with E-state index in [4.69, 9.17) is 23.2 Å². The number of anilines is 2. The van der Waals surface area contributed by atoms with Crippen LogP contribution in [0.2, 0.25) is 10.0 Å². The van der Waals surface area contributed by atoms with E-state index in [9.17, 15) is 4.79 Å². The molecular formula is C18H20Cl2N4O. The molecule has 2 aromatic rings. The second-order valence-electron chi connectivity index (χ2n) is 6.44. The number of carbonyl (C=O) groups excluding carboxylic acids is 1. The molecule has 0 radical (unpaired) electrons. The molecule has 0 atom stereocenters. The number of piperidine rings is 1. The normalized spacial score (nSPS) is 15.3. The highest BCUT2D eigenvalue weighted by Crippen LogP contribution is 2.27. The van der Waals surface area contributed by atoms with Gasteiger partial charge in [0.1, 0.15) is 5.69 Å². The summed E-state index contributed by atoms with van der Waals surface area (Å²) in [7, 11) is 0. The lowest BCUT2D eigenvalue weighted by atomic mass is 9.99. The molecule has 1 aromatic heterocycles. The van der Waals surface area contributed by atoms with Gasteiger partial charge in [-0.1, -0.05) is 30.1 Å². The van der Waals surface area contributed by atoms with Gasteiger partial charge in [-0.15, -0.1) is 0 Å². The van der Waals surface area contributed by atoms with Crippen LogP contribution in [-0.2, 0) is 0 Å². The molecule has 7 heteroatoms. The number of aryl methyl sites for hydroxylation is 1. The lowest BCUT2D eigenvalue weighted by Crippen LogP contribution is -2.38. The number of hydrogen-bond acceptors (Lipinski definition) is 4. The Morgan fingerprint density at radius 2 is 1.92 bits per heavy atom. The summed E-state index contributed by atoms with van der Waals surface area (Å²) in [6, 6.07) is 6.82. The summed E-state index contributed by atoms with van der Waals surface area (Å²) in [5.74, 6) is 0.939. The zero-order chi connectivity index (χ0) is 18.0. The van der Waals surface area contributed by atoms with Crippen molar-refractivity contribution in [1.29, 1.82) is 0 Å². The number of benzene rings is 1. The third-order valence-electron chi connectivity index (χ3n) is 4.32. The van der Waals surface area contributed by atoms with Crippen molar-refractivity contribution < 1.29 is 4.79 Å². The third-order valence-corrected chi connectivity index (χ3v) is 4.88. The highest BCUT2D eigenvalue weighted by atomic mass is 35.5. The van der Waals surface area contributed by atoms with Gasteiger partial charge in [-0.25, -0.2) is 9.97 Å². The number of nitrogens with one attached hydrogen (secondary N) is 1. The van der Waals surface area contributed by atoms with Gasteiger partial charge >= 0.3 is 0 Å². The smallest absolute Gasteiger partial charge is 0.272 e. The summed E-state index contributed by atoms with van der Waals surface area (Å²) in [5.41, 5.74) is 1.71. The van der Waals surface area contributed by atoms with Crippen LogP contribution in [0.5, 0.6) is 0 Å². The molecular weight excluding hydrogens is 359 g/mol. The molecule has 0 spiro atoms. The van der Waals surface area contributed by atoms with E-state index in [0.29, 0.717) is 39.0 Å². The molecule has 2 heterocycles. The predicted molar refractivity (Wildman–Crippen MR) is 101 cm³/mol. The Morgan fingerprint density at radius 1 is 1.20 bits per heavy atom. The third kappa shape index (κ3) is 4.41. The van der Waals surface area contributed by atoms with Gasteiger partial charge in [0.15, 0.2) is 0 Å². The van der Waals surface area contributed by atoms with Gasteiger partial charge in [0.25, 0.3) is 5.91 Å². The first-order chi connectivity index (χ1) is 11.9. The molecule has 0 unspecified atom stereocenters. The molecule has 1 aliphatic heterocycles. The molecule has 1 N–H and O–H groups in total. The van der Waals surface area contributed by atoms with E-state index in [1.807, 2.05) is 11.8 Å². The molecule has 0 aliphatic carbocycles. The first-order valence-corrected chi connectivity index (χ1v) is 9.05. The van der Waals surface area contributed by atoms with Crippen LogP contribution in [0.1, 0.15) is 35.9 Å². The minimum absolute atomic E-state index is 0.0577. The Kier molecular flexibility index (Phi) is 5.45. The maximum atomic E-state index is 12.7. The molecule has 132 valence electrons. The quantitative estimate of drug-likeness (QED) is 0.839. The van der Waals surface area contributed by atoms with Crippen molar-refractivity contribution in [3.63, 3.8) is 0 Å². The van der Waals surface area contributed by atoms with Gasteiger partial charge in [0, 0.05) is 23.8 Å². The van der Waals surface area contributed by atoms with Crippen molar-refractivity contribution in [2.24, 2.45) is 5.92 Å². The highest BCUT2D eigenvalue weighted by Gasteiger charge is 2.23. The molecule has 1 aromatic carbocycles. The molecule has 0 bridgehead atoms. The van der Waals surface area contributed by atoms with Gasteiger partial charge < -0.3 is 10.2 Å². The fourth-order valence-electron chi connectivity index (χ4n) is 2.82. The van der Waals surface area contributed by atoms with Crippen LogP contribution in [0.3, 0.4) is 0 Å². The number of amides is 1. The minimum atomic E-state index is -0.0577. The van der Waals surface area contributed by atoms with Crippen molar-refractivity contribution in [3.05, 3.63) is 45.7 Å². The Hall–Kier alpha value is -1.85. The zero-order valence-corrected chi connectivity index (χ0v) is 15.7. The van der Waals surface area contributed by atoms with Crippen LogP contribution in [0.4, 0.5) is 11.6 Å². The van der Waals surface area contributed by atoms with Gasteiger partial charge in [-0.2, -0.15) is 0 Å². The molecule has 3 rings (SSSR count). The van der Waals surface area contributed by atoms with E-state index in [2.05, 4.69) is 22.2 Å². The zero-order valence-electron chi connectivity index (χ0n) is 14.2. The first kappa shape index (κ1) is 18.0. The Morgan fingerprint density at radius 3 is 2.64 bits per heavy atom. The van der Waals surface area contributed by atoms with E-state index in [-0.39, 0.29) is 5.91 Å². The van der Waals surface area contributed by atoms with Crippen LogP contribution in [0.25, 0.3) is 0 Å². The number of hydrogen-bond donors (Lipinski definition) is 1. The van der Waals surface area contributed by atoms with Crippen molar-refractivity contribution >= 4 is 40.7 Å². The highest BCUT2D eigenvalue weighted by molar-refractivity contribution is 6.35. The van der Waals surface area contributed by atoms with E-state index in [1.165, 1.54) is 0 Å². The van der Waals surface area contributed by atoms with Crippen molar-refractivity contribution in [3.8, 4) is 0 Å². The van der Waals surface area contributed by atoms with Crippen LogP contribution in [-0.4, -0.2) is 33.9 Å². The van der Waals surface area contributed by atoms with Crippen molar-refractivity contribution in [2.45, 2.75) is 26.7 Å².